The van der Waals surface area contributed by atoms with E-state index in [9.17, 15) is 14.4 Å². The third-order valence-electron chi connectivity index (χ3n) is 5.55. The van der Waals surface area contributed by atoms with Crippen molar-refractivity contribution in [2.75, 3.05) is 23.0 Å². The molecule has 0 saturated heterocycles. The molecule has 0 atom stereocenters. The van der Waals surface area contributed by atoms with Gasteiger partial charge in [-0.1, -0.05) is 47.2 Å². The summed E-state index contributed by atoms with van der Waals surface area (Å²) in [6.07, 6.45) is 1.54. The predicted molar refractivity (Wildman–Crippen MR) is 144 cm³/mol. The molecule has 3 rings (SSSR count). The summed E-state index contributed by atoms with van der Waals surface area (Å²) in [7, 11) is 0. The Morgan fingerprint density at radius 3 is 1.83 bits per heavy atom. The van der Waals surface area contributed by atoms with Gasteiger partial charge in [0.05, 0.1) is 11.3 Å². The van der Waals surface area contributed by atoms with Crippen molar-refractivity contribution >= 4 is 40.9 Å². The Labute approximate surface area is 216 Å². The third kappa shape index (κ3) is 6.95. The quantitative estimate of drug-likeness (QED) is 0.312. The minimum Gasteiger partial charge on any atom is -0.452 e. The molecule has 2 amide bonds. The lowest BCUT2D eigenvalue weighted by Gasteiger charge is -2.14. The molecule has 2 aromatic carbocycles. The molecule has 0 fully saturated rings. The summed E-state index contributed by atoms with van der Waals surface area (Å²) in [4.78, 5) is 42.0. The Kier molecular flexibility index (Phi) is 8.88. The molecule has 0 spiro atoms. The van der Waals surface area contributed by atoms with Gasteiger partial charge < -0.3 is 15.4 Å². The number of carbonyl (C=O) groups is 3. The largest absolute Gasteiger partial charge is 0.452 e. The molecule has 0 aliphatic heterocycles. The van der Waals surface area contributed by atoms with E-state index in [0.29, 0.717) is 10.7 Å². The van der Waals surface area contributed by atoms with E-state index in [1.807, 2.05) is 65.8 Å². The van der Waals surface area contributed by atoms with Crippen molar-refractivity contribution in [2.45, 2.75) is 46.6 Å². The number of amides is 2. The summed E-state index contributed by atoms with van der Waals surface area (Å²) in [5.41, 5.74) is 7.79. The van der Waals surface area contributed by atoms with Crippen LogP contribution in [0.2, 0.25) is 0 Å². The van der Waals surface area contributed by atoms with Crippen LogP contribution in [0.1, 0.15) is 43.7 Å². The van der Waals surface area contributed by atoms with Crippen molar-refractivity contribution in [1.82, 2.24) is 4.98 Å². The van der Waals surface area contributed by atoms with Crippen LogP contribution in [-0.4, -0.2) is 35.1 Å². The van der Waals surface area contributed by atoms with Gasteiger partial charge in [-0.3, -0.25) is 9.59 Å². The molecule has 0 aliphatic carbocycles. The Morgan fingerprint density at radius 2 is 1.31 bits per heavy atom. The van der Waals surface area contributed by atoms with Crippen LogP contribution in [0.3, 0.4) is 0 Å². The SMILES string of the molecule is Cc1cc(C)c(NC(=O)COC(=O)c2cccnc2SCC(=O)Nc2c(C)cc(C)cc2C)c(C)c1. The highest BCUT2D eigenvalue weighted by Crippen LogP contribution is 2.25. The van der Waals surface area contributed by atoms with Crippen LogP contribution in [-0.2, 0) is 14.3 Å². The van der Waals surface area contributed by atoms with Gasteiger partial charge in [0.2, 0.25) is 5.91 Å². The van der Waals surface area contributed by atoms with Gasteiger partial charge in [-0.15, -0.1) is 0 Å². The third-order valence-corrected chi connectivity index (χ3v) is 6.55. The summed E-state index contributed by atoms with van der Waals surface area (Å²) in [6, 6.07) is 11.2. The lowest BCUT2D eigenvalue weighted by atomic mass is 10.1. The first-order chi connectivity index (χ1) is 17.0. The highest BCUT2D eigenvalue weighted by atomic mass is 32.2. The van der Waals surface area contributed by atoms with E-state index < -0.39 is 18.5 Å². The van der Waals surface area contributed by atoms with E-state index in [2.05, 4.69) is 15.6 Å². The molecule has 7 nitrogen and oxygen atoms in total. The average molecular weight is 506 g/mol. The van der Waals surface area contributed by atoms with Crippen LogP contribution in [0.4, 0.5) is 11.4 Å². The molecule has 0 unspecified atom stereocenters. The molecule has 1 heterocycles. The summed E-state index contributed by atoms with van der Waals surface area (Å²) >= 11 is 1.14. The molecule has 0 radical (unpaired) electrons. The van der Waals surface area contributed by atoms with Crippen LogP contribution in [0.15, 0.2) is 47.6 Å². The molecule has 8 heteroatoms. The Bertz CT molecular complexity index is 1270. The molecule has 0 saturated carbocycles. The zero-order valence-electron chi connectivity index (χ0n) is 21.4. The lowest BCUT2D eigenvalue weighted by molar-refractivity contribution is -0.119. The standard InChI is InChI=1S/C28H31N3O4S/c1-16-10-18(3)25(19(4)11-16)30-23(32)14-35-28(34)22-8-7-9-29-27(22)36-15-24(33)31-26-20(5)12-17(2)13-21(26)6/h7-13H,14-15H2,1-6H3,(H,30,32)(H,31,33). The van der Waals surface area contributed by atoms with E-state index in [-0.39, 0.29) is 17.2 Å². The number of nitrogens with zero attached hydrogens (tertiary/aromatic N) is 1. The monoisotopic (exact) mass is 505 g/mol. The van der Waals surface area contributed by atoms with E-state index in [4.69, 9.17) is 4.74 Å². The van der Waals surface area contributed by atoms with Crippen molar-refractivity contribution in [1.29, 1.82) is 0 Å². The summed E-state index contributed by atoms with van der Waals surface area (Å²) in [5, 5.41) is 6.12. The molecule has 0 aliphatic rings. The van der Waals surface area contributed by atoms with Crippen LogP contribution < -0.4 is 10.6 Å². The molecule has 2 N–H and O–H groups in total. The highest BCUT2D eigenvalue weighted by molar-refractivity contribution is 8.00. The zero-order chi connectivity index (χ0) is 26.4. The van der Waals surface area contributed by atoms with Gasteiger partial charge in [0, 0.05) is 17.6 Å². The number of hydrogen-bond acceptors (Lipinski definition) is 6. The number of aromatic nitrogens is 1. The van der Waals surface area contributed by atoms with Gasteiger partial charge >= 0.3 is 5.97 Å². The van der Waals surface area contributed by atoms with Gasteiger partial charge in [0.25, 0.3) is 5.91 Å². The first-order valence-corrected chi connectivity index (χ1v) is 12.5. The fourth-order valence-electron chi connectivity index (χ4n) is 4.11. The fourth-order valence-corrected chi connectivity index (χ4v) is 4.89. The van der Waals surface area contributed by atoms with Crippen LogP contribution in [0.25, 0.3) is 0 Å². The summed E-state index contributed by atoms with van der Waals surface area (Å²) in [5.74, 6) is -1.25. The number of carbonyl (C=O) groups excluding carboxylic acids is 3. The number of nitrogens with one attached hydrogen (secondary N) is 2. The Hall–Kier alpha value is -3.65. The molecular weight excluding hydrogens is 474 g/mol. The highest BCUT2D eigenvalue weighted by Gasteiger charge is 2.18. The van der Waals surface area contributed by atoms with E-state index >= 15 is 0 Å². The average Bonchev–Trinajstić information content (AvgIpc) is 2.81. The van der Waals surface area contributed by atoms with Crippen molar-refractivity contribution in [3.05, 3.63) is 81.5 Å². The predicted octanol–water partition coefficient (Wildman–Crippen LogP) is 5.46. The van der Waals surface area contributed by atoms with Crippen molar-refractivity contribution in [2.24, 2.45) is 0 Å². The molecule has 0 bridgehead atoms. The normalized spacial score (nSPS) is 10.6. The molecule has 1 aromatic heterocycles. The first-order valence-electron chi connectivity index (χ1n) is 11.6. The Morgan fingerprint density at radius 1 is 0.806 bits per heavy atom. The summed E-state index contributed by atoms with van der Waals surface area (Å²) in [6.45, 7) is 11.3. The van der Waals surface area contributed by atoms with Gasteiger partial charge in [-0.25, -0.2) is 9.78 Å². The fraction of sp³-hybridized carbons (Fsp3) is 0.286. The Balaban J connectivity index is 1.59. The lowest BCUT2D eigenvalue weighted by Crippen LogP contribution is -2.22. The van der Waals surface area contributed by atoms with Crippen molar-refractivity contribution in [3.8, 4) is 0 Å². The second-order valence-corrected chi connectivity index (χ2v) is 9.83. The van der Waals surface area contributed by atoms with Gasteiger partial charge in [-0.2, -0.15) is 0 Å². The number of pyridine rings is 1. The number of anilines is 2. The van der Waals surface area contributed by atoms with Gasteiger partial charge in [0.15, 0.2) is 6.61 Å². The number of benzene rings is 2. The van der Waals surface area contributed by atoms with E-state index in [1.54, 1.807) is 18.3 Å². The maximum absolute atomic E-state index is 12.7. The molecule has 188 valence electrons. The number of hydrogen-bond donors (Lipinski definition) is 2. The topological polar surface area (TPSA) is 97.4 Å². The number of aryl methyl sites for hydroxylation is 6. The molecule has 36 heavy (non-hydrogen) atoms. The smallest absolute Gasteiger partial charge is 0.341 e. The van der Waals surface area contributed by atoms with Crippen LogP contribution in [0.5, 0.6) is 0 Å². The molecule has 3 aromatic rings. The zero-order valence-corrected chi connectivity index (χ0v) is 22.3. The number of thioether (sulfide) groups is 1. The van der Waals surface area contributed by atoms with Gasteiger partial charge in [-0.05, 0) is 75.9 Å². The number of esters is 1. The number of ether oxygens (including phenoxy) is 1. The molecular formula is C28H31N3O4S. The van der Waals surface area contributed by atoms with E-state index in [0.717, 1.165) is 50.8 Å². The van der Waals surface area contributed by atoms with Crippen molar-refractivity contribution in [3.63, 3.8) is 0 Å². The van der Waals surface area contributed by atoms with Crippen LogP contribution >= 0.6 is 11.8 Å². The maximum atomic E-state index is 12.7. The maximum Gasteiger partial charge on any atom is 0.341 e. The summed E-state index contributed by atoms with van der Waals surface area (Å²) < 4.78 is 5.25. The second kappa shape index (κ2) is 11.9. The van der Waals surface area contributed by atoms with Gasteiger partial charge in [0.1, 0.15) is 5.03 Å². The van der Waals surface area contributed by atoms with E-state index in [1.165, 1.54) is 0 Å². The van der Waals surface area contributed by atoms with Crippen LogP contribution in [0, 0.1) is 41.5 Å². The minimum absolute atomic E-state index is 0.0660. The van der Waals surface area contributed by atoms with Crippen molar-refractivity contribution < 1.29 is 19.1 Å². The first kappa shape index (κ1) is 26.9. The number of rotatable bonds is 8. The minimum atomic E-state index is -0.677. The second-order valence-electron chi connectivity index (χ2n) is 8.86.